The van der Waals surface area contributed by atoms with Crippen LogP contribution in [-0.2, 0) is 0 Å². The topological polar surface area (TPSA) is 32.3 Å². The smallest absolute Gasteiger partial charge is 0.201 e. The first-order chi connectivity index (χ1) is 3.71. The van der Waals surface area contributed by atoms with Crippen LogP contribution in [0.25, 0.3) is 0 Å². The van der Waals surface area contributed by atoms with Gasteiger partial charge in [0, 0.05) is 0 Å². The zero-order chi connectivity index (χ0) is 6.04. The number of allylic oxidation sites excluding steroid dienone is 2. The van der Waals surface area contributed by atoms with Gasteiger partial charge in [0.15, 0.2) is 0 Å². The summed E-state index contributed by atoms with van der Waals surface area (Å²) in [7, 11) is 0. The van der Waals surface area contributed by atoms with Crippen LogP contribution in [0.2, 0.25) is 0 Å². The normalized spacial score (nSPS) is 34.8. The van der Waals surface area contributed by atoms with Crippen molar-refractivity contribution in [2.75, 3.05) is 0 Å². The number of dihydropyridines is 1. The predicted octanol–water partition coefficient (Wildman–Crippen LogP) is 0.235. The molecule has 0 saturated heterocycles. The Balaban J connectivity index is 2.65. The fourth-order valence-electron chi connectivity index (χ4n) is 0.464. The molecular weight excluding hydrogens is 122 g/mol. The van der Waals surface area contributed by atoms with Crippen LogP contribution < -0.4 is 5.32 Å². The molecule has 0 spiro atoms. The summed E-state index contributed by atoms with van der Waals surface area (Å²) in [4.78, 5) is 0. The number of hydrogen-bond acceptors (Lipinski definition) is 3. The van der Waals surface area contributed by atoms with E-state index in [0.29, 0.717) is 0 Å². The van der Waals surface area contributed by atoms with Crippen LogP contribution in [0, 0.1) is 0 Å². The summed E-state index contributed by atoms with van der Waals surface area (Å²) in [6.07, 6.45) is 6.69. The zero-order valence-corrected chi connectivity index (χ0v) is 5.10. The molecule has 1 atom stereocenters. The molecular formula is C5H7NOS. The molecule has 1 heterocycles. The molecule has 1 aliphatic heterocycles. The number of hydrogen-bond donors (Lipinski definition) is 3. The van der Waals surface area contributed by atoms with E-state index >= 15 is 0 Å². The van der Waals surface area contributed by atoms with Crippen molar-refractivity contribution in [3.05, 3.63) is 24.4 Å². The van der Waals surface area contributed by atoms with Crippen molar-refractivity contribution in [3.63, 3.8) is 0 Å². The molecule has 0 bridgehead atoms. The fourth-order valence-corrected chi connectivity index (χ4v) is 0.625. The lowest BCUT2D eigenvalue weighted by Crippen LogP contribution is -2.34. The summed E-state index contributed by atoms with van der Waals surface area (Å²) in [5.41, 5.74) is 0. The number of rotatable bonds is 0. The van der Waals surface area contributed by atoms with E-state index in [4.69, 9.17) is 5.11 Å². The zero-order valence-electron chi connectivity index (χ0n) is 4.20. The molecule has 2 N–H and O–H groups in total. The standard InChI is InChI=1S/C5H7NOS/c7-5(8)3-1-2-4-6-5/h1-4,6-8H. The Kier molecular flexibility index (Phi) is 1.31. The van der Waals surface area contributed by atoms with Gasteiger partial charge in [0.1, 0.15) is 0 Å². The van der Waals surface area contributed by atoms with Crippen molar-refractivity contribution >= 4 is 12.6 Å². The third-order valence-corrected chi connectivity index (χ3v) is 1.11. The van der Waals surface area contributed by atoms with Crippen LogP contribution >= 0.6 is 12.6 Å². The van der Waals surface area contributed by atoms with Crippen molar-refractivity contribution in [2.24, 2.45) is 0 Å². The van der Waals surface area contributed by atoms with Crippen LogP contribution in [-0.4, -0.2) is 10.2 Å². The van der Waals surface area contributed by atoms with Crippen molar-refractivity contribution in [1.29, 1.82) is 0 Å². The average molecular weight is 129 g/mol. The van der Waals surface area contributed by atoms with Gasteiger partial charge in [-0.2, -0.15) is 0 Å². The summed E-state index contributed by atoms with van der Waals surface area (Å²) in [6, 6.07) is 0. The van der Waals surface area contributed by atoms with Crippen molar-refractivity contribution in [2.45, 2.75) is 5.06 Å². The molecule has 0 fully saturated rings. The minimum atomic E-state index is -1.14. The Bertz CT molecular complexity index is 139. The second-order valence-corrected chi connectivity index (χ2v) is 2.27. The highest BCUT2D eigenvalue weighted by atomic mass is 32.1. The molecule has 1 aliphatic rings. The maximum Gasteiger partial charge on any atom is 0.201 e. The fraction of sp³-hybridized carbons (Fsp3) is 0.200. The van der Waals surface area contributed by atoms with E-state index < -0.39 is 5.06 Å². The summed E-state index contributed by atoms with van der Waals surface area (Å²) in [5.74, 6) is 0. The molecule has 44 valence electrons. The third-order valence-electron chi connectivity index (χ3n) is 0.832. The third kappa shape index (κ3) is 1.28. The summed E-state index contributed by atoms with van der Waals surface area (Å²) in [6.45, 7) is 0. The second-order valence-electron chi connectivity index (χ2n) is 1.59. The van der Waals surface area contributed by atoms with E-state index in [1.807, 2.05) is 0 Å². The van der Waals surface area contributed by atoms with Crippen molar-refractivity contribution in [3.8, 4) is 0 Å². The molecule has 0 aromatic heterocycles. The quantitative estimate of drug-likeness (QED) is 0.323. The van der Waals surface area contributed by atoms with Crippen molar-refractivity contribution < 1.29 is 5.11 Å². The van der Waals surface area contributed by atoms with Gasteiger partial charge in [-0.1, -0.05) is 6.08 Å². The number of nitrogens with one attached hydrogen (secondary N) is 1. The first kappa shape index (κ1) is 5.72. The Hall–Kier alpha value is -0.410. The summed E-state index contributed by atoms with van der Waals surface area (Å²) in [5, 5.41) is 10.5. The highest BCUT2D eigenvalue weighted by molar-refractivity contribution is 7.81. The van der Waals surface area contributed by atoms with Gasteiger partial charge in [0.2, 0.25) is 5.06 Å². The largest absolute Gasteiger partial charge is 0.359 e. The van der Waals surface area contributed by atoms with Gasteiger partial charge in [-0.15, -0.1) is 12.6 Å². The highest BCUT2D eigenvalue weighted by Crippen LogP contribution is 2.09. The van der Waals surface area contributed by atoms with Gasteiger partial charge in [-0.05, 0) is 18.4 Å². The molecule has 1 rings (SSSR count). The molecule has 8 heavy (non-hydrogen) atoms. The Morgan fingerprint density at radius 3 is 2.50 bits per heavy atom. The van der Waals surface area contributed by atoms with Gasteiger partial charge in [0.25, 0.3) is 0 Å². The maximum absolute atomic E-state index is 8.99. The monoisotopic (exact) mass is 129 g/mol. The van der Waals surface area contributed by atoms with E-state index in [1.165, 1.54) is 0 Å². The van der Waals surface area contributed by atoms with Crippen molar-refractivity contribution in [1.82, 2.24) is 5.32 Å². The molecule has 0 aromatic carbocycles. The van der Waals surface area contributed by atoms with E-state index in [-0.39, 0.29) is 0 Å². The van der Waals surface area contributed by atoms with Gasteiger partial charge in [-0.3, -0.25) is 0 Å². The molecule has 0 radical (unpaired) electrons. The van der Waals surface area contributed by atoms with Gasteiger partial charge in [-0.25, -0.2) is 0 Å². The van der Waals surface area contributed by atoms with Crippen LogP contribution in [0.5, 0.6) is 0 Å². The van der Waals surface area contributed by atoms with E-state index in [1.54, 1.807) is 24.4 Å². The lowest BCUT2D eigenvalue weighted by atomic mass is 10.4. The van der Waals surface area contributed by atoms with Gasteiger partial charge in [0.05, 0.1) is 0 Å². The summed E-state index contributed by atoms with van der Waals surface area (Å²) < 4.78 is 0. The molecule has 0 aliphatic carbocycles. The number of aliphatic hydroxyl groups is 1. The lowest BCUT2D eigenvalue weighted by Gasteiger charge is -2.19. The minimum Gasteiger partial charge on any atom is -0.359 e. The Labute approximate surface area is 53.3 Å². The highest BCUT2D eigenvalue weighted by Gasteiger charge is 2.14. The Morgan fingerprint density at radius 1 is 1.50 bits per heavy atom. The van der Waals surface area contributed by atoms with E-state index in [9.17, 15) is 0 Å². The van der Waals surface area contributed by atoms with Crippen LogP contribution in [0.1, 0.15) is 0 Å². The van der Waals surface area contributed by atoms with Crippen LogP contribution in [0.3, 0.4) is 0 Å². The number of thiol groups is 1. The first-order valence-corrected chi connectivity index (χ1v) is 2.72. The SMILES string of the molecule is OC1(S)C=CC=CN1. The Morgan fingerprint density at radius 2 is 2.25 bits per heavy atom. The first-order valence-electron chi connectivity index (χ1n) is 2.27. The minimum absolute atomic E-state index is 1.14. The average Bonchev–Trinajstić information content (AvgIpc) is 1.65. The van der Waals surface area contributed by atoms with E-state index in [0.717, 1.165) is 0 Å². The van der Waals surface area contributed by atoms with Crippen LogP contribution in [0.15, 0.2) is 24.4 Å². The molecule has 0 saturated carbocycles. The molecule has 1 unspecified atom stereocenters. The molecule has 0 aromatic rings. The van der Waals surface area contributed by atoms with Gasteiger partial charge < -0.3 is 10.4 Å². The molecule has 2 nitrogen and oxygen atoms in total. The second kappa shape index (κ2) is 1.84. The summed E-state index contributed by atoms with van der Waals surface area (Å²) >= 11 is 3.82. The maximum atomic E-state index is 8.99. The van der Waals surface area contributed by atoms with Gasteiger partial charge >= 0.3 is 0 Å². The lowest BCUT2D eigenvalue weighted by molar-refractivity contribution is 0.167. The predicted molar refractivity (Wildman–Crippen MR) is 35.4 cm³/mol. The molecule has 0 amide bonds. The van der Waals surface area contributed by atoms with E-state index in [2.05, 4.69) is 17.9 Å². The van der Waals surface area contributed by atoms with Crippen LogP contribution in [0.4, 0.5) is 0 Å². The molecule has 3 heteroatoms.